The highest BCUT2D eigenvalue weighted by Crippen LogP contribution is 2.18. The number of amides is 2. The first-order valence-electron chi connectivity index (χ1n) is 5.50. The Morgan fingerprint density at radius 2 is 2.00 bits per heavy atom. The van der Waals surface area contributed by atoms with Gasteiger partial charge in [-0.3, -0.25) is 0 Å². The summed E-state index contributed by atoms with van der Waals surface area (Å²) in [6, 6.07) is 0.765. The zero-order valence-electron chi connectivity index (χ0n) is 10.9. The van der Waals surface area contributed by atoms with Gasteiger partial charge in [-0.15, -0.1) is 11.3 Å². The molecule has 1 heterocycles. The maximum atomic E-state index is 11.8. The molecular weight excluding hydrogens is 306 g/mol. The number of carbonyl (C=O) groups excluding carboxylic acids is 1. The van der Waals surface area contributed by atoms with Gasteiger partial charge < -0.3 is 15.3 Å². The Morgan fingerprint density at radius 1 is 1.35 bits per heavy atom. The van der Waals surface area contributed by atoms with Gasteiger partial charge in [-0.2, -0.15) is 0 Å². The monoisotopic (exact) mass is 321 g/mol. The highest BCUT2D eigenvalue weighted by atomic mass is 32.2. The number of carboxylic acids is 1. The van der Waals surface area contributed by atoms with Crippen molar-refractivity contribution in [2.24, 2.45) is 0 Å². The fourth-order valence-electron chi connectivity index (χ4n) is 1.17. The largest absolute Gasteiger partial charge is 0.477 e. The van der Waals surface area contributed by atoms with Gasteiger partial charge in [-0.25, -0.2) is 22.7 Å². The summed E-state index contributed by atoms with van der Waals surface area (Å²) >= 11 is 0.837. The van der Waals surface area contributed by atoms with E-state index >= 15 is 0 Å². The lowest BCUT2D eigenvalue weighted by atomic mass is 10.5. The Kier molecular flexibility index (Phi) is 5.48. The molecule has 0 aromatic carbocycles. The molecule has 0 unspecified atom stereocenters. The second kappa shape index (κ2) is 6.68. The molecule has 1 rings (SSSR count). The van der Waals surface area contributed by atoms with E-state index in [9.17, 15) is 18.0 Å². The predicted molar refractivity (Wildman–Crippen MR) is 73.6 cm³/mol. The van der Waals surface area contributed by atoms with Crippen LogP contribution in [0.5, 0.6) is 0 Å². The maximum absolute atomic E-state index is 11.8. The van der Waals surface area contributed by atoms with E-state index in [1.54, 1.807) is 14.1 Å². The highest BCUT2D eigenvalue weighted by molar-refractivity contribution is 7.89. The lowest BCUT2D eigenvalue weighted by molar-refractivity contribution is 0.0702. The van der Waals surface area contributed by atoms with E-state index in [1.807, 2.05) is 0 Å². The first-order valence-corrected chi connectivity index (χ1v) is 7.87. The van der Waals surface area contributed by atoms with Crippen LogP contribution in [-0.2, 0) is 10.0 Å². The van der Waals surface area contributed by atoms with Crippen LogP contribution in [0.15, 0.2) is 16.3 Å². The Bertz CT molecular complexity index is 594. The number of urea groups is 1. The number of rotatable bonds is 6. The molecule has 0 aliphatic rings. The summed E-state index contributed by atoms with van der Waals surface area (Å²) in [5.74, 6) is -1.17. The molecule has 0 aliphatic heterocycles. The van der Waals surface area contributed by atoms with Crippen molar-refractivity contribution >= 4 is 33.4 Å². The number of hydrogen-bond donors (Lipinski definition) is 3. The lowest BCUT2D eigenvalue weighted by Crippen LogP contribution is -2.39. The van der Waals surface area contributed by atoms with Crippen LogP contribution in [0, 0.1) is 0 Å². The summed E-state index contributed by atoms with van der Waals surface area (Å²) in [6.45, 7) is 0.145. The quantitative estimate of drug-likeness (QED) is 0.638. The zero-order valence-corrected chi connectivity index (χ0v) is 12.5. The number of thiophene rings is 1. The van der Waals surface area contributed by atoms with Gasteiger partial charge in [-0.05, 0) is 6.07 Å². The zero-order chi connectivity index (χ0) is 15.3. The maximum Gasteiger partial charge on any atom is 0.345 e. The minimum absolute atomic E-state index is 0.0141. The van der Waals surface area contributed by atoms with Crippen molar-refractivity contribution in [2.75, 3.05) is 27.2 Å². The van der Waals surface area contributed by atoms with E-state index < -0.39 is 16.0 Å². The van der Waals surface area contributed by atoms with Crippen LogP contribution in [0.25, 0.3) is 0 Å². The highest BCUT2D eigenvalue weighted by Gasteiger charge is 2.18. The van der Waals surface area contributed by atoms with E-state index in [0.29, 0.717) is 0 Å². The number of carbonyl (C=O) groups is 2. The van der Waals surface area contributed by atoms with E-state index in [4.69, 9.17) is 5.11 Å². The second-order valence-corrected chi connectivity index (χ2v) is 6.65. The third kappa shape index (κ3) is 4.47. The molecule has 1 aromatic rings. The minimum atomic E-state index is -3.76. The number of hydrogen-bond acceptors (Lipinski definition) is 5. The molecule has 0 fully saturated rings. The number of aromatic carboxylic acids is 1. The van der Waals surface area contributed by atoms with Gasteiger partial charge in [-0.1, -0.05) is 0 Å². The van der Waals surface area contributed by atoms with Crippen molar-refractivity contribution in [2.45, 2.75) is 4.90 Å². The van der Waals surface area contributed by atoms with Crippen molar-refractivity contribution in [3.8, 4) is 0 Å². The van der Waals surface area contributed by atoms with Crippen molar-refractivity contribution in [1.29, 1.82) is 0 Å². The van der Waals surface area contributed by atoms with Crippen molar-refractivity contribution in [1.82, 2.24) is 14.9 Å². The molecule has 0 radical (unpaired) electrons. The Morgan fingerprint density at radius 3 is 2.50 bits per heavy atom. The van der Waals surface area contributed by atoms with Gasteiger partial charge in [0.05, 0.1) is 4.90 Å². The fraction of sp³-hybridized carbons (Fsp3) is 0.400. The van der Waals surface area contributed by atoms with E-state index in [-0.39, 0.29) is 28.9 Å². The average Bonchev–Trinajstić information content (AvgIpc) is 2.84. The summed E-state index contributed by atoms with van der Waals surface area (Å²) in [5, 5.41) is 12.5. The van der Waals surface area contributed by atoms with Crippen molar-refractivity contribution in [3.05, 3.63) is 16.3 Å². The number of nitrogens with one attached hydrogen (secondary N) is 2. The molecule has 0 aliphatic carbocycles. The number of sulfonamides is 1. The summed E-state index contributed by atoms with van der Waals surface area (Å²) in [7, 11) is -0.623. The summed E-state index contributed by atoms with van der Waals surface area (Å²) < 4.78 is 25.9. The van der Waals surface area contributed by atoms with Gasteiger partial charge in [0.15, 0.2) is 0 Å². The molecular formula is C10H15N3O5S2. The molecule has 0 spiro atoms. The van der Waals surface area contributed by atoms with Gasteiger partial charge in [0, 0.05) is 32.6 Å². The molecule has 0 bridgehead atoms. The molecule has 20 heavy (non-hydrogen) atoms. The van der Waals surface area contributed by atoms with Crippen LogP contribution in [0.2, 0.25) is 0 Å². The number of carboxylic acid groups (broad SMARTS) is 1. The van der Waals surface area contributed by atoms with Crippen LogP contribution in [0.3, 0.4) is 0 Å². The average molecular weight is 321 g/mol. The Labute approximate surface area is 120 Å². The first-order chi connectivity index (χ1) is 9.24. The third-order valence-corrected chi connectivity index (χ3v) is 4.70. The van der Waals surface area contributed by atoms with Crippen molar-refractivity contribution < 1.29 is 23.1 Å². The topological polar surface area (TPSA) is 116 Å². The Balaban J connectivity index is 2.53. The van der Waals surface area contributed by atoms with Crippen LogP contribution < -0.4 is 10.0 Å². The van der Waals surface area contributed by atoms with Crippen LogP contribution in [-0.4, -0.2) is 57.6 Å². The molecule has 0 atom stereocenters. The molecule has 10 heteroatoms. The SMILES string of the molecule is CN(C)C(=O)NCCNS(=O)(=O)c1csc(C(=O)O)c1. The standard InChI is InChI=1S/C10H15N3O5S2/c1-13(2)10(16)11-3-4-12-20(17,18)7-5-8(9(14)15)19-6-7/h5-6,12H,3-4H2,1-2H3,(H,11,16)(H,14,15). The van der Waals surface area contributed by atoms with Gasteiger partial charge in [0.25, 0.3) is 0 Å². The van der Waals surface area contributed by atoms with Crippen LogP contribution >= 0.6 is 11.3 Å². The third-order valence-electron chi connectivity index (χ3n) is 2.20. The smallest absolute Gasteiger partial charge is 0.345 e. The Hall–Kier alpha value is -1.65. The van der Waals surface area contributed by atoms with Gasteiger partial charge in [0.1, 0.15) is 4.88 Å². The molecule has 0 saturated carbocycles. The molecule has 1 aromatic heterocycles. The van der Waals surface area contributed by atoms with E-state index in [2.05, 4.69) is 10.0 Å². The molecule has 8 nitrogen and oxygen atoms in total. The summed E-state index contributed by atoms with van der Waals surface area (Å²) in [4.78, 5) is 23.1. The fourth-order valence-corrected chi connectivity index (χ4v) is 3.31. The summed E-state index contributed by atoms with van der Waals surface area (Å²) in [5.41, 5.74) is 0. The number of nitrogens with zero attached hydrogens (tertiary/aromatic N) is 1. The molecule has 0 saturated heterocycles. The van der Waals surface area contributed by atoms with E-state index in [0.717, 1.165) is 17.4 Å². The second-order valence-electron chi connectivity index (χ2n) is 3.98. The van der Waals surface area contributed by atoms with Gasteiger partial charge in [0.2, 0.25) is 10.0 Å². The minimum Gasteiger partial charge on any atom is -0.477 e. The summed E-state index contributed by atoms with van der Waals surface area (Å²) in [6.07, 6.45) is 0. The van der Waals surface area contributed by atoms with Crippen molar-refractivity contribution in [3.63, 3.8) is 0 Å². The normalized spacial score (nSPS) is 11.1. The molecule has 3 N–H and O–H groups in total. The van der Waals surface area contributed by atoms with Crippen LogP contribution in [0.4, 0.5) is 4.79 Å². The lowest BCUT2D eigenvalue weighted by Gasteiger charge is -2.12. The molecule has 112 valence electrons. The first kappa shape index (κ1) is 16.4. The van der Waals surface area contributed by atoms with Crippen LogP contribution in [0.1, 0.15) is 9.67 Å². The van der Waals surface area contributed by atoms with Gasteiger partial charge >= 0.3 is 12.0 Å². The van der Waals surface area contributed by atoms with E-state index in [1.165, 1.54) is 10.3 Å². The predicted octanol–water partition coefficient (Wildman–Crippen LogP) is -0.00420. The molecule has 2 amide bonds.